The molecule has 1 aromatic carbocycles. The van der Waals surface area contributed by atoms with Gasteiger partial charge in [-0.25, -0.2) is 0 Å². The smallest absolute Gasteiger partial charge is 0.239 e. The summed E-state index contributed by atoms with van der Waals surface area (Å²) in [6.45, 7) is 3.13. The maximum Gasteiger partial charge on any atom is 0.239 e. The van der Waals surface area contributed by atoms with E-state index in [2.05, 4.69) is 34.7 Å². The zero-order valence-corrected chi connectivity index (χ0v) is 15.1. The zero-order valence-electron chi connectivity index (χ0n) is 15.1. The summed E-state index contributed by atoms with van der Waals surface area (Å²) in [5.41, 5.74) is 2.52. The second kappa shape index (κ2) is 9.30. The van der Waals surface area contributed by atoms with Crippen molar-refractivity contribution in [3.63, 3.8) is 0 Å². The Morgan fingerprint density at radius 3 is 2.62 bits per heavy atom. The van der Waals surface area contributed by atoms with Crippen molar-refractivity contribution in [2.75, 3.05) is 20.6 Å². The highest BCUT2D eigenvalue weighted by molar-refractivity contribution is 5.86. The molecule has 0 radical (unpaired) electrons. The molecule has 0 bridgehead atoms. The first-order valence-corrected chi connectivity index (χ1v) is 8.86. The van der Waals surface area contributed by atoms with Gasteiger partial charge in [-0.2, -0.15) is 0 Å². The largest absolute Gasteiger partial charge is 0.352 e. The van der Waals surface area contributed by atoms with Gasteiger partial charge in [0.1, 0.15) is 0 Å². The highest BCUT2D eigenvalue weighted by atomic mass is 16.2. The molecule has 0 unspecified atom stereocenters. The molecule has 132 valence electrons. The first kappa shape index (κ1) is 18.3. The van der Waals surface area contributed by atoms with Gasteiger partial charge < -0.3 is 15.5 Å². The van der Waals surface area contributed by atoms with Crippen LogP contribution in [0.4, 0.5) is 0 Å². The Hall–Kier alpha value is -2.04. The molecule has 0 atom stereocenters. The monoisotopic (exact) mass is 330 g/mol. The van der Waals surface area contributed by atoms with Gasteiger partial charge in [0.15, 0.2) is 5.96 Å². The van der Waals surface area contributed by atoms with Crippen LogP contribution in [0.2, 0.25) is 0 Å². The van der Waals surface area contributed by atoms with E-state index in [0.29, 0.717) is 6.04 Å². The molecular weight excluding hydrogens is 300 g/mol. The molecule has 1 saturated carbocycles. The molecule has 1 fully saturated rings. The molecule has 24 heavy (non-hydrogen) atoms. The lowest BCUT2D eigenvalue weighted by atomic mass is 9.95. The van der Waals surface area contributed by atoms with Crippen molar-refractivity contribution in [3.8, 4) is 0 Å². The van der Waals surface area contributed by atoms with E-state index >= 15 is 0 Å². The van der Waals surface area contributed by atoms with E-state index in [1.54, 1.807) is 7.05 Å². The second-order valence-corrected chi connectivity index (χ2v) is 6.59. The number of benzene rings is 1. The maximum atomic E-state index is 12.1. The zero-order chi connectivity index (χ0) is 17.4. The molecule has 0 saturated heterocycles. The normalized spacial score (nSPS) is 15.9. The molecular formula is C19H30N4O. The number of hydrogen-bond donors (Lipinski definition) is 2. The Labute approximate surface area is 145 Å². The van der Waals surface area contributed by atoms with Crippen LogP contribution in [-0.2, 0) is 11.3 Å². The number of aryl methyl sites for hydroxylation is 1. The molecule has 1 amide bonds. The molecule has 1 aromatic rings. The fraction of sp³-hybridized carbons (Fsp3) is 0.579. The van der Waals surface area contributed by atoms with Gasteiger partial charge in [0.05, 0.1) is 6.54 Å². The van der Waals surface area contributed by atoms with E-state index < -0.39 is 0 Å². The Morgan fingerprint density at radius 2 is 1.96 bits per heavy atom. The summed E-state index contributed by atoms with van der Waals surface area (Å²) in [5, 5.41) is 6.28. The van der Waals surface area contributed by atoms with Crippen molar-refractivity contribution in [3.05, 3.63) is 35.4 Å². The van der Waals surface area contributed by atoms with Crippen LogP contribution in [0, 0.1) is 6.92 Å². The number of amides is 1. The molecule has 5 nitrogen and oxygen atoms in total. The summed E-state index contributed by atoms with van der Waals surface area (Å²) in [7, 11) is 3.73. The maximum absolute atomic E-state index is 12.1. The number of nitrogens with one attached hydrogen (secondary N) is 2. The van der Waals surface area contributed by atoms with Gasteiger partial charge in [-0.05, 0) is 30.9 Å². The fourth-order valence-corrected chi connectivity index (χ4v) is 3.19. The van der Waals surface area contributed by atoms with Gasteiger partial charge in [-0.1, -0.05) is 43.5 Å². The molecule has 0 spiro atoms. The standard InChI is InChI=1S/C19H30N4O/c1-15-9-7-8-10-16(15)14-23(3)19(20-2)21-13-18(24)22-17-11-5-4-6-12-17/h7-10,17H,4-6,11-14H2,1-3H3,(H,20,21)(H,22,24). The first-order valence-electron chi connectivity index (χ1n) is 8.86. The van der Waals surface area contributed by atoms with Crippen LogP contribution in [0.1, 0.15) is 43.2 Å². The summed E-state index contributed by atoms with van der Waals surface area (Å²) < 4.78 is 0. The van der Waals surface area contributed by atoms with E-state index in [1.165, 1.54) is 30.4 Å². The quantitative estimate of drug-likeness (QED) is 0.644. The third-order valence-electron chi connectivity index (χ3n) is 4.62. The van der Waals surface area contributed by atoms with E-state index in [0.717, 1.165) is 25.3 Å². The van der Waals surface area contributed by atoms with Crippen LogP contribution in [0.25, 0.3) is 0 Å². The number of carbonyl (C=O) groups is 1. The number of guanidine groups is 1. The lowest BCUT2D eigenvalue weighted by Crippen LogP contribution is -2.46. The van der Waals surface area contributed by atoms with Crippen molar-refractivity contribution < 1.29 is 4.79 Å². The van der Waals surface area contributed by atoms with Crippen molar-refractivity contribution in [1.29, 1.82) is 0 Å². The minimum atomic E-state index is 0.0485. The number of rotatable bonds is 5. The predicted molar refractivity (Wildman–Crippen MR) is 99.0 cm³/mol. The number of nitrogens with zero attached hydrogens (tertiary/aromatic N) is 2. The van der Waals surface area contributed by atoms with Gasteiger partial charge in [-0.15, -0.1) is 0 Å². The van der Waals surface area contributed by atoms with Crippen LogP contribution in [0.3, 0.4) is 0 Å². The summed E-state index contributed by atoms with van der Waals surface area (Å²) >= 11 is 0. The van der Waals surface area contributed by atoms with Crippen molar-refractivity contribution in [2.45, 2.75) is 51.6 Å². The predicted octanol–water partition coefficient (Wildman–Crippen LogP) is 2.45. The minimum Gasteiger partial charge on any atom is -0.352 e. The number of carbonyl (C=O) groups excluding carboxylic acids is 1. The van der Waals surface area contributed by atoms with Gasteiger partial charge in [0.2, 0.25) is 5.91 Å². The summed E-state index contributed by atoms with van der Waals surface area (Å²) in [6, 6.07) is 8.66. The highest BCUT2D eigenvalue weighted by Gasteiger charge is 2.16. The van der Waals surface area contributed by atoms with Crippen molar-refractivity contribution >= 4 is 11.9 Å². The van der Waals surface area contributed by atoms with E-state index in [-0.39, 0.29) is 12.5 Å². The van der Waals surface area contributed by atoms with E-state index in [4.69, 9.17) is 0 Å². The van der Waals surface area contributed by atoms with Crippen LogP contribution < -0.4 is 10.6 Å². The van der Waals surface area contributed by atoms with Crippen LogP contribution in [0.15, 0.2) is 29.3 Å². The Bertz CT molecular complexity index is 564. The Kier molecular flexibility index (Phi) is 7.09. The molecule has 2 N–H and O–H groups in total. The molecule has 1 aliphatic rings. The molecule has 5 heteroatoms. The Balaban J connectivity index is 1.80. The van der Waals surface area contributed by atoms with E-state index in [9.17, 15) is 4.79 Å². The number of aliphatic imine (C=N–C) groups is 1. The number of hydrogen-bond acceptors (Lipinski definition) is 2. The molecule has 0 heterocycles. The van der Waals surface area contributed by atoms with Gasteiger partial charge in [0, 0.05) is 26.7 Å². The third kappa shape index (κ3) is 5.55. The summed E-state index contributed by atoms with van der Waals surface area (Å²) in [5.74, 6) is 0.782. The van der Waals surface area contributed by atoms with Crippen molar-refractivity contribution in [2.24, 2.45) is 4.99 Å². The highest BCUT2D eigenvalue weighted by Crippen LogP contribution is 2.17. The average Bonchev–Trinajstić information content (AvgIpc) is 2.58. The molecule has 2 rings (SSSR count). The first-order chi connectivity index (χ1) is 11.6. The lowest BCUT2D eigenvalue weighted by molar-refractivity contribution is -0.120. The average molecular weight is 330 g/mol. The van der Waals surface area contributed by atoms with Gasteiger partial charge in [0.25, 0.3) is 0 Å². The van der Waals surface area contributed by atoms with Crippen LogP contribution in [0.5, 0.6) is 0 Å². The minimum absolute atomic E-state index is 0.0485. The SMILES string of the molecule is CN=C(NCC(=O)NC1CCCCC1)N(C)Cc1ccccc1C. The molecule has 0 aromatic heterocycles. The second-order valence-electron chi connectivity index (χ2n) is 6.59. The topological polar surface area (TPSA) is 56.7 Å². The summed E-state index contributed by atoms with van der Waals surface area (Å²) in [6.07, 6.45) is 5.95. The van der Waals surface area contributed by atoms with Gasteiger partial charge >= 0.3 is 0 Å². The lowest BCUT2D eigenvalue weighted by Gasteiger charge is -2.25. The Morgan fingerprint density at radius 1 is 1.25 bits per heavy atom. The van der Waals surface area contributed by atoms with Crippen LogP contribution >= 0.6 is 0 Å². The van der Waals surface area contributed by atoms with E-state index in [1.807, 2.05) is 24.1 Å². The van der Waals surface area contributed by atoms with Crippen LogP contribution in [-0.4, -0.2) is 43.4 Å². The third-order valence-corrected chi connectivity index (χ3v) is 4.62. The van der Waals surface area contributed by atoms with Gasteiger partial charge in [-0.3, -0.25) is 9.79 Å². The molecule has 1 aliphatic carbocycles. The fourth-order valence-electron chi connectivity index (χ4n) is 3.19. The summed E-state index contributed by atoms with van der Waals surface area (Å²) in [4.78, 5) is 18.4. The van der Waals surface area contributed by atoms with Crippen molar-refractivity contribution in [1.82, 2.24) is 15.5 Å². The molecule has 0 aliphatic heterocycles.